The van der Waals surface area contributed by atoms with Gasteiger partial charge in [0.15, 0.2) is 0 Å². The molecule has 4 heteroatoms. The van der Waals surface area contributed by atoms with Crippen LogP contribution in [0.4, 0.5) is 0 Å². The van der Waals surface area contributed by atoms with E-state index in [9.17, 15) is 4.79 Å². The highest BCUT2D eigenvalue weighted by Crippen LogP contribution is 2.19. The van der Waals surface area contributed by atoms with Gasteiger partial charge in [0.25, 0.3) is 5.91 Å². The number of hydrogen-bond acceptors (Lipinski definition) is 3. The molecule has 1 aromatic heterocycles. The van der Waals surface area contributed by atoms with E-state index in [-0.39, 0.29) is 5.91 Å². The molecule has 138 valence electrons. The summed E-state index contributed by atoms with van der Waals surface area (Å²) in [5.41, 5.74) is 3.31. The van der Waals surface area contributed by atoms with Gasteiger partial charge in [-0.25, -0.2) is 0 Å². The van der Waals surface area contributed by atoms with Crippen molar-refractivity contribution in [2.24, 2.45) is 0 Å². The summed E-state index contributed by atoms with van der Waals surface area (Å²) >= 11 is 0. The molecule has 0 aliphatic rings. The second-order valence-electron chi connectivity index (χ2n) is 6.44. The normalized spacial score (nSPS) is 10.4. The van der Waals surface area contributed by atoms with Gasteiger partial charge < -0.3 is 9.64 Å². The summed E-state index contributed by atoms with van der Waals surface area (Å²) in [5, 5.41) is 0. The van der Waals surface area contributed by atoms with E-state index in [2.05, 4.69) is 4.98 Å². The Kier molecular flexibility index (Phi) is 6.21. The van der Waals surface area contributed by atoms with Crippen molar-refractivity contribution in [1.29, 1.82) is 0 Å². The molecule has 0 spiro atoms. The SMILES string of the molecule is Cc1nc(-c2ccccc2)ccc1C(=O)N(C)CCCOc1ccccc1. The molecule has 0 N–H and O–H groups in total. The molecule has 0 aliphatic carbocycles. The molecule has 3 rings (SSSR count). The highest BCUT2D eigenvalue weighted by atomic mass is 16.5. The lowest BCUT2D eigenvalue weighted by Crippen LogP contribution is -2.29. The van der Waals surface area contributed by atoms with Gasteiger partial charge in [0.1, 0.15) is 5.75 Å². The van der Waals surface area contributed by atoms with Crippen molar-refractivity contribution in [2.75, 3.05) is 20.2 Å². The number of ether oxygens (including phenoxy) is 1. The van der Waals surface area contributed by atoms with Crippen LogP contribution in [0.15, 0.2) is 72.8 Å². The third-order valence-corrected chi connectivity index (χ3v) is 4.38. The lowest BCUT2D eigenvalue weighted by atomic mass is 10.1. The fourth-order valence-corrected chi connectivity index (χ4v) is 2.87. The highest BCUT2D eigenvalue weighted by molar-refractivity contribution is 5.95. The molecule has 0 bridgehead atoms. The van der Waals surface area contributed by atoms with Gasteiger partial charge in [-0.15, -0.1) is 0 Å². The van der Waals surface area contributed by atoms with E-state index < -0.39 is 0 Å². The molecule has 3 aromatic rings. The van der Waals surface area contributed by atoms with Gasteiger partial charge in [-0.1, -0.05) is 48.5 Å². The molecule has 1 heterocycles. The Morgan fingerprint density at radius 3 is 2.30 bits per heavy atom. The molecule has 0 saturated heterocycles. The maximum absolute atomic E-state index is 12.7. The van der Waals surface area contributed by atoms with Crippen molar-refractivity contribution in [2.45, 2.75) is 13.3 Å². The summed E-state index contributed by atoms with van der Waals surface area (Å²) in [7, 11) is 1.81. The molecule has 1 amide bonds. The van der Waals surface area contributed by atoms with Crippen molar-refractivity contribution in [3.63, 3.8) is 0 Å². The van der Waals surface area contributed by atoms with Gasteiger partial charge in [-0.3, -0.25) is 9.78 Å². The highest BCUT2D eigenvalue weighted by Gasteiger charge is 2.15. The molecule has 2 aromatic carbocycles. The molecule has 0 unspecified atom stereocenters. The quantitative estimate of drug-likeness (QED) is 0.578. The van der Waals surface area contributed by atoms with E-state index >= 15 is 0 Å². The molecule has 0 aliphatic heterocycles. The number of para-hydroxylation sites is 1. The van der Waals surface area contributed by atoms with Crippen LogP contribution in [0, 0.1) is 6.92 Å². The first-order valence-electron chi connectivity index (χ1n) is 9.11. The smallest absolute Gasteiger partial charge is 0.255 e. The van der Waals surface area contributed by atoms with Crippen LogP contribution in [0.25, 0.3) is 11.3 Å². The number of carbonyl (C=O) groups excluding carboxylic acids is 1. The van der Waals surface area contributed by atoms with Gasteiger partial charge in [-0.05, 0) is 37.6 Å². The molecule has 27 heavy (non-hydrogen) atoms. The summed E-state index contributed by atoms with van der Waals surface area (Å²) < 4.78 is 5.68. The number of rotatable bonds is 7. The van der Waals surface area contributed by atoms with E-state index in [4.69, 9.17) is 4.74 Å². The second kappa shape index (κ2) is 8.99. The van der Waals surface area contributed by atoms with Crippen molar-refractivity contribution < 1.29 is 9.53 Å². The first kappa shape index (κ1) is 18.6. The number of carbonyl (C=O) groups is 1. The number of pyridine rings is 1. The summed E-state index contributed by atoms with van der Waals surface area (Å²) in [6, 6.07) is 23.4. The first-order valence-corrected chi connectivity index (χ1v) is 9.11. The Labute approximate surface area is 160 Å². The van der Waals surface area contributed by atoms with E-state index in [0.717, 1.165) is 29.1 Å². The van der Waals surface area contributed by atoms with Crippen molar-refractivity contribution in [3.8, 4) is 17.0 Å². The predicted molar refractivity (Wildman–Crippen MR) is 108 cm³/mol. The van der Waals surface area contributed by atoms with Crippen LogP contribution in [-0.2, 0) is 0 Å². The standard InChI is InChI=1S/C23H24N2O2/c1-18-21(14-15-22(24-18)19-10-5-3-6-11-19)23(26)25(2)16-9-17-27-20-12-7-4-8-13-20/h3-8,10-15H,9,16-17H2,1-2H3. The molecular formula is C23H24N2O2. The summed E-state index contributed by atoms with van der Waals surface area (Å²) in [6.45, 7) is 3.09. The van der Waals surface area contributed by atoms with E-state index in [0.29, 0.717) is 18.7 Å². The van der Waals surface area contributed by atoms with E-state index in [1.165, 1.54) is 0 Å². The lowest BCUT2D eigenvalue weighted by Gasteiger charge is -2.18. The van der Waals surface area contributed by atoms with Crippen LogP contribution in [0.1, 0.15) is 22.5 Å². The van der Waals surface area contributed by atoms with Crippen LogP contribution in [-0.4, -0.2) is 36.0 Å². The third-order valence-electron chi connectivity index (χ3n) is 4.38. The van der Waals surface area contributed by atoms with Crippen LogP contribution < -0.4 is 4.74 Å². The number of aromatic nitrogens is 1. The zero-order valence-electron chi connectivity index (χ0n) is 15.8. The van der Waals surface area contributed by atoms with Gasteiger partial charge in [0.05, 0.1) is 23.6 Å². The van der Waals surface area contributed by atoms with E-state index in [1.54, 1.807) is 4.90 Å². The minimum absolute atomic E-state index is 0.0145. The van der Waals surface area contributed by atoms with Gasteiger partial charge in [-0.2, -0.15) is 0 Å². The minimum Gasteiger partial charge on any atom is -0.494 e. The number of benzene rings is 2. The zero-order valence-corrected chi connectivity index (χ0v) is 15.8. The minimum atomic E-state index is -0.0145. The van der Waals surface area contributed by atoms with Crippen molar-refractivity contribution in [1.82, 2.24) is 9.88 Å². The average Bonchev–Trinajstić information content (AvgIpc) is 2.72. The molecule has 0 atom stereocenters. The summed E-state index contributed by atoms with van der Waals surface area (Å²) in [4.78, 5) is 19.1. The molecule has 0 fully saturated rings. The van der Waals surface area contributed by atoms with Crippen LogP contribution in [0.2, 0.25) is 0 Å². The molecule has 4 nitrogen and oxygen atoms in total. The molecule has 0 radical (unpaired) electrons. The first-order chi connectivity index (χ1) is 13.1. The fraction of sp³-hybridized carbons (Fsp3) is 0.217. The van der Waals surface area contributed by atoms with Gasteiger partial charge in [0.2, 0.25) is 0 Å². The summed E-state index contributed by atoms with van der Waals surface area (Å²) in [5.74, 6) is 0.836. The monoisotopic (exact) mass is 360 g/mol. The average molecular weight is 360 g/mol. The Hall–Kier alpha value is -3.14. The maximum atomic E-state index is 12.7. The Morgan fingerprint density at radius 2 is 1.63 bits per heavy atom. The molecule has 0 saturated carbocycles. The Morgan fingerprint density at radius 1 is 0.963 bits per heavy atom. The number of nitrogens with zero attached hydrogens (tertiary/aromatic N) is 2. The molecular weight excluding hydrogens is 336 g/mol. The van der Waals surface area contributed by atoms with Crippen molar-refractivity contribution >= 4 is 5.91 Å². The Balaban J connectivity index is 1.56. The summed E-state index contributed by atoms with van der Waals surface area (Å²) in [6.07, 6.45) is 0.770. The van der Waals surface area contributed by atoms with Crippen LogP contribution in [0.3, 0.4) is 0 Å². The number of amides is 1. The van der Waals surface area contributed by atoms with Crippen molar-refractivity contribution in [3.05, 3.63) is 84.1 Å². The number of aryl methyl sites for hydroxylation is 1. The third kappa shape index (κ3) is 4.94. The van der Waals surface area contributed by atoms with Gasteiger partial charge in [0, 0.05) is 19.2 Å². The fourth-order valence-electron chi connectivity index (χ4n) is 2.87. The lowest BCUT2D eigenvalue weighted by molar-refractivity contribution is 0.0786. The van der Waals surface area contributed by atoms with E-state index in [1.807, 2.05) is 86.8 Å². The topological polar surface area (TPSA) is 42.4 Å². The van der Waals surface area contributed by atoms with Crippen LogP contribution in [0.5, 0.6) is 5.75 Å². The number of hydrogen-bond donors (Lipinski definition) is 0. The largest absolute Gasteiger partial charge is 0.494 e. The second-order valence-corrected chi connectivity index (χ2v) is 6.44. The van der Waals surface area contributed by atoms with Gasteiger partial charge >= 0.3 is 0 Å². The Bertz CT molecular complexity index is 879. The van der Waals surface area contributed by atoms with Crippen LogP contribution >= 0.6 is 0 Å². The zero-order chi connectivity index (χ0) is 19.1. The predicted octanol–water partition coefficient (Wildman–Crippen LogP) is 4.60. The maximum Gasteiger partial charge on any atom is 0.255 e.